The molecule has 0 saturated carbocycles. The van der Waals surface area contributed by atoms with Gasteiger partial charge in [0.15, 0.2) is 0 Å². The molecular weight excluding hydrogens is 172 g/mol. The van der Waals surface area contributed by atoms with Crippen molar-refractivity contribution in [2.45, 2.75) is 0 Å². The van der Waals surface area contributed by atoms with Gasteiger partial charge in [-0.2, -0.15) is 0 Å². The number of carbonyl (C=O) groups is 2. The lowest BCUT2D eigenvalue weighted by Crippen LogP contribution is -2.11. The number of hydrogen-bond acceptors (Lipinski definition) is 6. The van der Waals surface area contributed by atoms with Crippen LogP contribution in [0, 0.1) is 0 Å². The van der Waals surface area contributed by atoms with Crippen LogP contribution in [0.3, 0.4) is 0 Å². The summed E-state index contributed by atoms with van der Waals surface area (Å²) in [7, 11) is 1.66. The average molecular weight is 180 g/mol. The normalized spacial score (nSPS) is 9.40. The second-order valence-corrected chi connectivity index (χ2v) is 3.56. The number of rotatable bonds is 2. The minimum Gasteiger partial charge on any atom is -0.323 e. The fourth-order valence-electron chi connectivity index (χ4n) is 0.161. The molecule has 0 fully saturated rings. The van der Waals surface area contributed by atoms with Crippen molar-refractivity contribution in [2.24, 2.45) is 11.5 Å². The highest BCUT2D eigenvalue weighted by Crippen LogP contribution is 2.21. The maximum Gasteiger partial charge on any atom is 0.213 e. The lowest BCUT2D eigenvalue weighted by molar-refractivity contribution is -0.110. The third-order valence-electron chi connectivity index (χ3n) is 0.561. The molecule has 0 aliphatic rings. The summed E-state index contributed by atoms with van der Waals surface area (Å²) < 4.78 is 0. The second-order valence-electron chi connectivity index (χ2n) is 1.32. The highest BCUT2D eigenvalue weighted by atomic mass is 33.1. The SMILES string of the molecule is NCC(=O)SSC(=O)CN. The van der Waals surface area contributed by atoms with E-state index in [2.05, 4.69) is 0 Å². The van der Waals surface area contributed by atoms with Gasteiger partial charge in [-0.25, -0.2) is 0 Å². The Labute approximate surface area is 66.5 Å². The largest absolute Gasteiger partial charge is 0.323 e. The number of hydrogen-bond donors (Lipinski definition) is 2. The second kappa shape index (κ2) is 5.72. The van der Waals surface area contributed by atoms with E-state index in [1.807, 2.05) is 0 Å². The maximum absolute atomic E-state index is 10.5. The van der Waals surface area contributed by atoms with Crippen molar-refractivity contribution in [3.8, 4) is 0 Å². The predicted molar refractivity (Wildman–Crippen MR) is 43.3 cm³/mol. The molecule has 0 aromatic rings. The minimum absolute atomic E-state index is 0.0461. The third kappa shape index (κ3) is 4.80. The molecule has 0 aromatic heterocycles. The molecule has 4 N–H and O–H groups in total. The first-order valence-electron chi connectivity index (χ1n) is 2.51. The van der Waals surface area contributed by atoms with Crippen LogP contribution in [0.15, 0.2) is 0 Å². The van der Waals surface area contributed by atoms with Crippen molar-refractivity contribution >= 4 is 31.8 Å². The Morgan fingerprint density at radius 3 is 1.50 bits per heavy atom. The van der Waals surface area contributed by atoms with E-state index in [1.165, 1.54) is 0 Å². The minimum atomic E-state index is -0.216. The molecule has 0 bridgehead atoms. The Balaban J connectivity index is 3.35. The van der Waals surface area contributed by atoms with Gasteiger partial charge in [0, 0.05) is 0 Å². The molecule has 0 heterocycles. The summed E-state index contributed by atoms with van der Waals surface area (Å²) in [5.74, 6) is 0. The van der Waals surface area contributed by atoms with Crippen LogP contribution in [0.25, 0.3) is 0 Å². The molecule has 0 unspecified atom stereocenters. The van der Waals surface area contributed by atoms with Gasteiger partial charge in [-0.1, -0.05) is 0 Å². The quantitative estimate of drug-likeness (QED) is 0.549. The summed E-state index contributed by atoms with van der Waals surface area (Å²) in [5.41, 5.74) is 9.95. The molecule has 0 aliphatic carbocycles. The van der Waals surface area contributed by atoms with E-state index in [0.29, 0.717) is 0 Å². The summed E-state index contributed by atoms with van der Waals surface area (Å²) in [4.78, 5) is 20.9. The summed E-state index contributed by atoms with van der Waals surface area (Å²) in [5, 5.41) is -0.432. The van der Waals surface area contributed by atoms with Crippen molar-refractivity contribution in [1.82, 2.24) is 0 Å². The molecule has 10 heavy (non-hydrogen) atoms. The van der Waals surface area contributed by atoms with Crippen LogP contribution < -0.4 is 11.5 Å². The molecule has 6 heteroatoms. The zero-order valence-electron chi connectivity index (χ0n) is 5.20. The first-order chi connectivity index (χ1) is 4.70. The van der Waals surface area contributed by atoms with Gasteiger partial charge >= 0.3 is 0 Å². The van der Waals surface area contributed by atoms with E-state index in [0.717, 1.165) is 21.6 Å². The topological polar surface area (TPSA) is 86.2 Å². The lowest BCUT2D eigenvalue weighted by Gasteiger charge is -1.92. The van der Waals surface area contributed by atoms with Crippen LogP contribution in [0.4, 0.5) is 0 Å². The van der Waals surface area contributed by atoms with E-state index in [-0.39, 0.29) is 23.3 Å². The van der Waals surface area contributed by atoms with E-state index < -0.39 is 0 Å². The predicted octanol–water partition coefficient (Wildman–Crippen LogP) is -0.662. The number of nitrogens with two attached hydrogens (primary N) is 2. The molecule has 0 atom stereocenters. The summed E-state index contributed by atoms with van der Waals surface area (Å²) in [6.07, 6.45) is 0. The van der Waals surface area contributed by atoms with Gasteiger partial charge in [0.2, 0.25) is 10.2 Å². The lowest BCUT2D eigenvalue weighted by atomic mass is 10.8. The molecule has 0 spiro atoms. The molecule has 0 saturated heterocycles. The van der Waals surface area contributed by atoms with Crippen molar-refractivity contribution in [3.05, 3.63) is 0 Å². The van der Waals surface area contributed by atoms with Crippen LogP contribution in [-0.4, -0.2) is 23.3 Å². The van der Waals surface area contributed by atoms with Gasteiger partial charge in [0.1, 0.15) is 0 Å². The monoisotopic (exact) mass is 180 g/mol. The Morgan fingerprint density at radius 2 is 1.30 bits per heavy atom. The van der Waals surface area contributed by atoms with Crippen molar-refractivity contribution in [2.75, 3.05) is 13.1 Å². The number of carbonyl (C=O) groups excluding carboxylic acids is 2. The zero-order valence-corrected chi connectivity index (χ0v) is 6.83. The molecule has 58 valence electrons. The first kappa shape index (κ1) is 9.96. The van der Waals surface area contributed by atoms with E-state index in [9.17, 15) is 9.59 Å². The van der Waals surface area contributed by atoms with Crippen LogP contribution >= 0.6 is 21.6 Å². The van der Waals surface area contributed by atoms with Gasteiger partial charge in [-0.15, -0.1) is 0 Å². The Morgan fingerprint density at radius 1 is 1.00 bits per heavy atom. The summed E-state index contributed by atoms with van der Waals surface area (Å²) in [6, 6.07) is 0. The van der Waals surface area contributed by atoms with Gasteiger partial charge in [-0.3, -0.25) is 9.59 Å². The highest BCUT2D eigenvalue weighted by Gasteiger charge is 2.04. The Hall–Kier alpha value is -0.0400. The van der Waals surface area contributed by atoms with Gasteiger partial charge in [0.05, 0.1) is 13.1 Å². The summed E-state index contributed by atoms with van der Waals surface area (Å²) in [6.45, 7) is -0.0922. The van der Waals surface area contributed by atoms with E-state index in [1.54, 1.807) is 0 Å². The summed E-state index contributed by atoms with van der Waals surface area (Å²) >= 11 is 0. The standard InChI is InChI=1S/C4H8N2O2S2/c5-1-3(7)9-10-4(8)2-6/h1-2,5-6H2. The highest BCUT2D eigenvalue weighted by molar-refractivity contribution is 8.87. The van der Waals surface area contributed by atoms with Crippen LogP contribution in [0.2, 0.25) is 0 Å². The van der Waals surface area contributed by atoms with E-state index in [4.69, 9.17) is 11.5 Å². The van der Waals surface area contributed by atoms with Gasteiger partial charge in [-0.05, 0) is 21.6 Å². The smallest absolute Gasteiger partial charge is 0.213 e. The van der Waals surface area contributed by atoms with E-state index >= 15 is 0 Å². The Bertz CT molecular complexity index is 123. The molecule has 0 aliphatic heterocycles. The maximum atomic E-state index is 10.5. The molecule has 4 nitrogen and oxygen atoms in total. The molecule has 0 rings (SSSR count). The van der Waals surface area contributed by atoms with Crippen molar-refractivity contribution in [3.63, 3.8) is 0 Å². The van der Waals surface area contributed by atoms with Gasteiger partial charge < -0.3 is 11.5 Å². The molecule has 0 amide bonds. The Kier molecular flexibility index (Phi) is 5.70. The van der Waals surface area contributed by atoms with Crippen LogP contribution in [-0.2, 0) is 9.59 Å². The average Bonchev–Trinajstić information content (AvgIpc) is 1.99. The molecule has 0 aromatic carbocycles. The fourth-order valence-corrected chi connectivity index (χ4v) is 1.45. The third-order valence-corrected chi connectivity index (χ3v) is 2.71. The fraction of sp³-hybridized carbons (Fsp3) is 0.500. The van der Waals surface area contributed by atoms with Crippen molar-refractivity contribution < 1.29 is 9.59 Å². The van der Waals surface area contributed by atoms with Crippen LogP contribution in [0.5, 0.6) is 0 Å². The van der Waals surface area contributed by atoms with Crippen LogP contribution in [0.1, 0.15) is 0 Å². The first-order valence-corrected chi connectivity index (χ1v) is 4.66. The van der Waals surface area contributed by atoms with Crippen molar-refractivity contribution in [1.29, 1.82) is 0 Å². The van der Waals surface area contributed by atoms with Gasteiger partial charge in [0.25, 0.3) is 0 Å². The molecular formula is C4H8N2O2S2. The molecule has 0 radical (unpaired) electrons. The zero-order chi connectivity index (χ0) is 7.98.